The van der Waals surface area contributed by atoms with Crippen molar-refractivity contribution in [3.05, 3.63) is 71.8 Å². The van der Waals surface area contributed by atoms with Crippen LogP contribution in [0.2, 0.25) is 0 Å². The topological polar surface area (TPSA) is 134 Å². The van der Waals surface area contributed by atoms with E-state index in [-0.39, 0.29) is 63.0 Å². The van der Waals surface area contributed by atoms with Crippen LogP contribution in [0.5, 0.6) is 0 Å². The number of allylic oxidation sites excluding steroid dienone is 1. The lowest BCUT2D eigenvalue weighted by molar-refractivity contribution is -0.150. The van der Waals surface area contributed by atoms with Crippen LogP contribution in [0, 0.1) is 5.92 Å². The Labute approximate surface area is 245 Å². The zero-order valence-electron chi connectivity index (χ0n) is 23.5. The van der Waals surface area contributed by atoms with Crippen molar-refractivity contribution in [1.82, 2.24) is 15.5 Å². The molecule has 1 aliphatic carbocycles. The smallest absolute Gasteiger partial charge is 0.407 e. The van der Waals surface area contributed by atoms with Crippen LogP contribution in [0.25, 0.3) is 11.1 Å². The highest BCUT2D eigenvalue weighted by molar-refractivity contribution is 5.86. The zero-order chi connectivity index (χ0) is 29.5. The highest BCUT2D eigenvalue weighted by atomic mass is 16.6. The first-order chi connectivity index (χ1) is 20.5. The number of carbonyl (C=O) groups is 4. The molecule has 42 heavy (non-hydrogen) atoms. The number of rotatable bonds is 7. The van der Waals surface area contributed by atoms with Crippen LogP contribution in [0.4, 0.5) is 4.79 Å². The average Bonchev–Trinajstić information content (AvgIpc) is 3.60. The molecule has 0 saturated carbocycles. The Balaban J connectivity index is 1.24. The van der Waals surface area contributed by atoms with Crippen LogP contribution in [0.1, 0.15) is 49.1 Å². The summed E-state index contributed by atoms with van der Waals surface area (Å²) in [5.41, 5.74) is 4.43. The van der Waals surface area contributed by atoms with Crippen LogP contribution in [0.15, 0.2) is 60.7 Å². The number of nitrogens with one attached hydrogen (secondary N) is 2. The predicted molar refractivity (Wildman–Crippen MR) is 154 cm³/mol. The Morgan fingerprint density at radius 1 is 1.00 bits per heavy atom. The van der Waals surface area contributed by atoms with Gasteiger partial charge in [0.2, 0.25) is 11.8 Å². The molecule has 1 fully saturated rings. The number of nitrogens with zero attached hydrogens (tertiary/aromatic N) is 1. The largest absolute Gasteiger partial charge is 0.462 e. The van der Waals surface area contributed by atoms with E-state index >= 15 is 0 Å². The SMILES string of the molecule is O=C(C[C@@H]1C/C=C\C[C@H](NC(=O)OCC2c3ccccc3-c3ccccc32)C(=O)OC[C@@H]2CCCN2C1=O)NCCO. The molecule has 3 amide bonds. The third-order valence-electron chi connectivity index (χ3n) is 8.17. The van der Waals surface area contributed by atoms with Gasteiger partial charge >= 0.3 is 12.1 Å². The van der Waals surface area contributed by atoms with Crippen molar-refractivity contribution >= 4 is 23.9 Å². The molecule has 3 N–H and O–H groups in total. The highest BCUT2D eigenvalue weighted by Crippen LogP contribution is 2.44. The molecule has 5 rings (SSSR count). The van der Waals surface area contributed by atoms with E-state index in [4.69, 9.17) is 14.6 Å². The summed E-state index contributed by atoms with van der Waals surface area (Å²) in [6.45, 7) is 0.612. The first-order valence-electron chi connectivity index (χ1n) is 14.6. The van der Waals surface area contributed by atoms with Crippen molar-refractivity contribution in [2.75, 3.05) is 32.9 Å². The molecule has 222 valence electrons. The molecule has 3 aliphatic rings. The van der Waals surface area contributed by atoms with Gasteiger partial charge in [-0.15, -0.1) is 0 Å². The Bertz CT molecular complexity index is 1300. The molecule has 0 spiro atoms. The maximum Gasteiger partial charge on any atom is 0.407 e. The van der Waals surface area contributed by atoms with Gasteiger partial charge in [-0.25, -0.2) is 9.59 Å². The average molecular weight is 576 g/mol. The predicted octanol–water partition coefficient (Wildman–Crippen LogP) is 2.89. The second-order valence-electron chi connectivity index (χ2n) is 10.9. The van der Waals surface area contributed by atoms with E-state index in [1.807, 2.05) is 36.4 Å². The molecule has 10 nitrogen and oxygen atoms in total. The summed E-state index contributed by atoms with van der Waals surface area (Å²) in [5.74, 6) is -1.73. The molecule has 2 aromatic rings. The number of benzene rings is 2. The minimum Gasteiger partial charge on any atom is -0.462 e. The van der Waals surface area contributed by atoms with Gasteiger partial charge in [-0.3, -0.25) is 9.59 Å². The van der Waals surface area contributed by atoms with E-state index in [0.29, 0.717) is 19.4 Å². The van der Waals surface area contributed by atoms with Gasteiger partial charge in [-0.2, -0.15) is 0 Å². The number of carbonyl (C=O) groups excluding carboxylic acids is 4. The van der Waals surface area contributed by atoms with Crippen molar-refractivity contribution in [2.45, 2.75) is 50.1 Å². The van der Waals surface area contributed by atoms with Crippen molar-refractivity contribution in [2.24, 2.45) is 5.92 Å². The number of fused-ring (bicyclic) bond motifs is 4. The Morgan fingerprint density at radius 3 is 2.40 bits per heavy atom. The van der Waals surface area contributed by atoms with Crippen LogP contribution < -0.4 is 10.6 Å². The third kappa shape index (κ3) is 6.65. The fourth-order valence-corrected chi connectivity index (χ4v) is 6.06. The number of alkyl carbamates (subject to hydrolysis) is 1. The molecule has 3 atom stereocenters. The van der Waals surface area contributed by atoms with Gasteiger partial charge in [0.25, 0.3) is 0 Å². The number of aliphatic hydroxyl groups excluding tert-OH is 1. The number of aliphatic hydroxyl groups is 1. The Kier molecular flexibility index (Phi) is 9.53. The number of hydrogen-bond donors (Lipinski definition) is 3. The third-order valence-corrected chi connectivity index (χ3v) is 8.17. The quantitative estimate of drug-likeness (QED) is 0.341. The lowest BCUT2D eigenvalue weighted by Crippen LogP contribution is -2.46. The van der Waals surface area contributed by atoms with Crippen LogP contribution in [-0.2, 0) is 23.9 Å². The van der Waals surface area contributed by atoms with E-state index in [9.17, 15) is 19.2 Å². The van der Waals surface area contributed by atoms with Gasteiger partial charge in [0.05, 0.1) is 18.6 Å². The minimum absolute atomic E-state index is 0.00634. The van der Waals surface area contributed by atoms with Gasteiger partial charge < -0.3 is 30.1 Å². The summed E-state index contributed by atoms with van der Waals surface area (Å²) in [6, 6.07) is 14.9. The lowest BCUT2D eigenvalue weighted by atomic mass is 9.97. The van der Waals surface area contributed by atoms with Gasteiger partial charge in [0.1, 0.15) is 19.3 Å². The van der Waals surface area contributed by atoms with Gasteiger partial charge in [-0.1, -0.05) is 60.7 Å². The summed E-state index contributed by atoms with van der Waals surface area (Å²) in [4.78, 5) is 53.3. The highest BCUT2D eigenvalue weighted by Gasteiger charge is 2.36. The van der Waals surface area contributed by atoms with E-state index in [2.05, 4.69) is 22.8 Å². The van der Waals surface area contributed by atoms with Gasteiger partial charge in [0.15, 0.2) is 0 Å². The maximum atomic E-state index is 13.3. The van der Waals surface area contributed by atoms with Crippen molar-refractivity contribution in [3.8, 4) is 11.1 Å². The van der Waals surface area contributed by atoms with Crippen LogP contribution >= 0.6 is 0 Å². The monoisotopic (exact) mass is 575 g/mol. The van der Waals surface area contributed by atoms with Crippen LogP contribution in [0.3, 0.4) is 0 Å². The number of cyclic esters (lactones) is 1. The fraction of sp³-hybridized carbons (Fsp3) is 0.438. The van der Waals surface area contributed by atoms with Crippen molar-refractivity contribution < 1.29 is 33.8 Å². The number of ether oxygens (including phenoxy) is 2. The number of esters is 1. The normalized spacial score (nSPS) is 23.0. The molecule has 10 heteroatoms. The van der Waals surface area contributed by atoms with E-state index in [0.717, 1.165) is 28.7 Å². The van der Waals surface area contributed by atoms with E-state index in [1.54, 1.807) is 17.1 Å². The summed E-state index contributed by atoms with van der Waals surface area (Å²) < 4.78 is 11.2. The molecular formula is C32H37N3O7. The van der Waals surface area contributed by atoms with Gasteiger partial charge in [0, 0.05) is 25.4 Å². The lowest BCUT2D eigenvalue weighted by Gasteiger charge is -2.29. The molecule has 0 bridgehead atoms. The Morgan fingerprint density at radius 2 is 1.69 bits per heavy atom. The molecule has 0 unspecified atom stereocenters. The van der Waals surface area contributed by atoms with Crippen molar-refractivity contribution in [1.29, 1.82) is 0 Å². The summed E-state index contributed by atoms with van der Waals surface area (Å²) >= 11 is 0. The standard InChI is InChI=1S/C32H37N3O7/c36-17-15-33-29(37)18-21-8-1-6-14-28(31(39)41-19-22-9-7-16-35(22)30(21)38)34-32(40)42-20-27-25-12-4-2-10-23(25)24-11-3-5-13-26(24)27/h1-6,10-13,21-22,27-28,36H,7-9,14-20H2,(H,33,37)(H,34,40)/b6-1-/t21-,22-,28-/m0/s1. The maximum absolute atomic E-state index is 13.3. The molecule has 0 aromatic heterocycles. The second-order valence-corrected chi connectivity index (χ2v) is 10.9. The van der Waals surface area contributed by atoms with E-state index in [1.165, 1.54) is 0 Å². The molecular weight excluding hydrogens is 538 g/mol. The number of amides is 3. The van der Waals surface area contributed by atoms with Crippen LogP contribution in [-0.4, -0.2) is 78.9 Å². The molecule has 1 saturated heterocycles. The summed E-state index contributed by atoms with van der Waals surface area (Å²) in [6.07, 6.45) is 4.66. The minimum atomic E-state index is -0.965. The second kappa shape index (κ2) is 13.7. The first-order valence-corrected chi connectivity index (χ1v) is 14.6. The Hall–Kier alpha value is -4.18. The summed E-state index contributed by atoms with van der Waals surface area (Å²) in [5, 5.41) is 14.3. The number of hydrogen-bond acceptors (Lipinski definition) is 7. The first kappa shape index (κ1) is 29.3. The zero-order valence-corrected chi connectivity index (χ0v) is 23.5. The fourth-order valence-electron chi connectivity index (χ4n) is 6.06. The molecule has 0 radical (unpaired) electrons. The van der Waals surface area contributed by atoms with Crippen molar-refractivity contribution in [3.63, 3.8) is 0 Å². The molecule has 2 heterocycles. The summed E-state index contributed by atoms with van der Waals surface area (Å²) in [7, 11) is 0. The molecule has 2 aromatic carbocycles. The van der Waals surface area contributed by atoms with Gasteiger partial charge in [-0.05, 0) is 47.9 Å². The molecule has 2 aliphatic heterocycles. The van der Waals surface area contributed by atoms with E-state index < -0.39 is 24.0 Å².